The number of benzene rings is 1. The number of nitrogens with one attached hydrogen (secondary N) is 1. The molecule has 1 aromatic carbocycles. The molecule has 1 aliphatic carbocycles. The summed E-state index contributed by atoms with van der Waals surface area (Å²) in [5.74, 6) is 0.180. The van der Waals surface area contributed by atoms with Crippen LogP contribution in [0.15, 0.2) is 24.3 Å². The fourth-order valence-electron chi connectivity index (χ4n) is 5.26. The van der Waals surface area contributed by atoms with Crippen molar-refractivity contribution in [2.75, 3.05) is 37.7 Å². The molecule has 0 radical (unpaired) electrons. The molecule has 1 atom stereocenters. The Balaban J connectivity index is 1.28. The van der Waals surface area contributed by atoms with Crippen LogP contribution in [0.25, 0.3) is 0 Å². The third-order valence-electron chi connectivity index (χ3n) is 7.08. The molecule has 1 saturated carbocycles. The van der Waals surface area contributed by atoms with Gasteiger partial charge in [0.15, 0.2) is 0 Å². The molecule has 1 unspecified atom stereocenters. The maximum atomic E-state index is 12.1. The average molecular weight is 400 g/mol. The van der Waals surface area contributed by atoms with E-state index in [-0.39, 0.29) is 17.7 Å². The van der Waals surface area contributed by atoms with Gasteiger partial charge in [-0.3, -0.25) is 19.8 Å². The highest BCUT2D eigenvalue weighted by molar-refractivity contribution is 6.00. The van der Waals surface area contributed by atoms with Crippen molar-refractivity contribution < 1.29 is 14.7 Å². The monoisotopic (exact) mass is 399 g/mol. The molecule has 29 heavy (non-hydrogen) atoms. The highest BCUT2D eigenvalue weighted by atomic mass is 16.3. The van der Waals surface area contributed by atoms with Crippen molar-refractivity contribution in [2.45, 2.75) is 56.9 Å². The lowest BCUT2D eigenvalue weighted by Crippen LogP contribution is -2.51. The number of imide groups is 1. The molecule has 2 heterocycles. The van der Waals surface area contributed by atoms with E-state index in [1.165, 1.54) is 31.4 Å². The van der Waals surface area contributed by atoms with Crippen molar-refractivity contribution in [3.63, 3.8) is 0 Å². The maximum absolute atomic E-state index is 12.1. The summed E-state index contributed by atoms with van der Waals surface area (Å²) in [5, 5.41) is 11.6. The number of aliphatic hydroxyl groups is 1. The second-order valence-corrected chi connectivity index (χ2v) is 8.81. The molecular weight excluding hydrogens is 366 g/mol. The first-order chi connectivity index (χ1) is 14.1. The lowest BCUT2D eigenvalue weighted by Gasteiger charge is -2.42. The van der Waals surface area contributed by atoms with Crippen LogP contribution in [0.1, 0.15) is 56.4 Å². The fourth-order valence-corrected chi connectivity index (χ4v) is 5.26. The van der Waals surface area contributed by atoms with Crippen LogP contribution in [0.4, 0.5) is 5.69 Å². The number of carbonyl (C=O) groups is 2. The lowest BCUT2D eigenvalue weighted by atomic mass is 9.83. The molecule has 6 heteroatoms. The summed E-state index contributed by atoms with van der Waals surface area (Å²) >= 11 is 0. The molecule has 1 aromatic rings. The Morgan fingerprint density at radius 3 is 2.24 bits per heavy atom. The summed E-state index contributed by atoms with van der Waals surface area (Å²) < 4.78 is 0. The smallest absolute Gasteiger partial charge is 0.234 e. The van der Waals surface area contributed by atoms with Crippen molar-refractivity contribution in [1.82, 2.24) is 10.2 Å². The number of aliphatic hydroxyl groups excluding tert-OH is 1. The normalized spacial score (nSPS) is 29.0. The molecular formula is C23H33N3O3. The Hall–Kier alpha value is -1.92. The van der Waals surface area contributed by atoms with Crippen molar-refractivity contribution in [1.29, 1.82) is 0 Å². The van der Waals surface area contributed by atoms with E-state index >= 15 is 0 Å². The lowest BCUT2D eigenvalue weighted by molar-refractivity contribution is -0.134. The van der Waals surface area contributed by atoms with Crippen molar-refractivity contribution in [3.05, 3.63) is 29.8 Å². The zero-order valence-corrected chi connectivity index (χ0v) is 17.2. The van der Waals surface area contributed by atoms with Gasteiger partial charge in [-0.15, -0.1) is 0 Å². The molecule has 0 bridgehead atoms. The standard InChI is InChI=1S/C23H33N3O3/c27-16-11-17-1-5-19(6-2-17)25-12-14-26(15-13-25)20-7-3-18(4-8-20)21-9-10-22(28)24-23(21)29/h3-4,7-8,17,19,21,27H,1-2,5-6,9-16H2,(H,24,28,29). The van der Waals surface area contributed by atoms with Gasteiger partial charge in [0.25, 0.3) is 0 Å². The number of amides is 2. The molecule has 3 aliphatic rings. The Morgan fingerprint density at radius 1 is 0.931 bits per heavy atom. The molecule has 2 saturated heterocycles. The quantitative estimate of drug-likeness (QED) is 0.743. The first-order valence-electron chi connectivity index (χ1n) is 11.2. The van der Waals surface area contributed by atoms with Gasteiger partial charge in [0, 0.05) is 50.9 Å². The number of piperazine rings is 1. The van der Waals surface area contributed by atoms with Crippen LogP contribution in [0, 0.1) is 5.92 Å². The SMILES string of the molecule is O=C1CCC(c2ccc(N3CCN(C4CCC(CCO)CC4)CC3)cc2)C(=O)N1. The van der Waals surface area contributed by atoms with Gasteiger partial charge in [0.2, 0.25) is 11.8 Å². The van der Waals surface area contributed by atoms with E-state index < -0.39 is 0 Å². The number of piperidine rings is 1. The van der Waals surface area contributed by atoms with Crippen molar-refractivity contribution >= 4 is 17.5 Å². The molecule has 2 aliphatic heterocycles. The van der Waals surface area contributed by atoms with Gasteiger partial charge < -0.3 is 10.0 Å². The van der Waals surface area contributed by atoms with Crippen LogP contribution < -0.4 is 10.2 Å². The minimum Gasteiger partial charge on any atom is -0.396 e. The van der Waals surface area contributed by atoms with Gasteiger partial charge in [0.1, 0.15) is 0 Å². The molecule has 4 rings (SSSR count). The van der Waals surface area contributed by atoms with Crippen LogP contribution >= 0.6 is 0 Å². The number of anilines is 1. The number of hydrogen-bond acceptors (Lipinski definition) is 5. The van der Waals surface area contributed by atoms with E-state index in [4.69, 9.17) is 5.11 Å². The minimum atomic E-state index is -0.209. The molecule has 3 fully saturated rings. The fraction of sp³-hybridized carbons (Fsp3) is 0.652. The average Bonchev–Trinajstić information content (AvgIpc) is 2.75. The predicted octanol–water partition coefficient (Wildman–Crippen LogP) is 2.27. The van der Waals surface area contributed by atoms with Crippen molar-refractivity contribution in [2.24, 2.45) is 5.92 Å². The van der Waals surface area contributed by atoms with E-state index in [1.807, 2.05) is 12.1 Å². The first-order valence-corrected chi connectivity index (χ1v) is 11.2. The van der Waals surface area contributed by atoms with E-state index in [9.17, 15) is 9.59 Å². The Morgan fingerprint density at radius 2 is 1.62 bits per heavy atom. The van der Waals surface area contributed by atoms with Crippen LogP contribution in [0.2, 0.25) is 0 Å². The molecule has 2 N–H and O–H groups in total. The number of carbonyl (C=O) groups excluding carboxylic acids is 2. The Labute approximate surface area is 173 Å². The molecule has 0 aromatic heterocycles. The third kappa shape index (κ3) is 4.81. The first kappa shape index (κ1) is 20.4. The molecule has 2 amide bonds. The van der Waals surface area contributed by atoms with Crippen LogP contribution in [0.3, 0.4) is 0 Å². The second kappa shape index (κ2) is 9.26. The topological polar surface area (TPSA) is 72.9 Å². The Kier molecular flexibility index (Phi) is 6.50. The largest absolute Gasteiger partial charge is 0.396 e. The van der Waals surface area contributed by atoms with Gasteiger partial charge >= 0.3 is 0 Å². The summed E-state index contributed by atoms with van der Waals surface area (Å²) in [4.78, 5) is 28.5. The molecule has 0 spiro atoms. The molecule has 158 valence electrons. The van der Waals surface area contributed by atoms with Crippen molar-refractivity contribution in [3.8, 4) is 0 Å². The number of rotatable bonds is 5. The van der Waals surface area contributed by atoms with Gasteiger partial charge in [0.05, 0.1) is 5.92 Å². The molecule has 6 nitrogen and oxygen atoms in total. The number of hydrogen-bond donors (Lipinski definition) is 2. The Bertz CT molecular complexity index is 705. The second-order valence-electron chi connectivity index (χ2n) is 8.81. The number of nitrogens with zero attached hydrogens (tertiary/aromatic N) is 2. The van der Waals surface area contributed by atoms with E-state index in [0.29, 0.717) is 25.5 Å². The van der Waals surface area contributed by atoms with Gasteiger partial charge in [-0.2, -0.15) is 0 Å². The highest BCUT2D eigenvalue weighted by Gasteiger charge is 2.29. The van der Waals surface area contributed by atoms with Crippen LogP contribution in [-0.2, 0) is 9.59 Å². The van der Waals surface area contributed by atoms with Gasteiger partial charge in [-0.1, -0.05) is 12.1 Å². The third-order valence-corrected chi connectivity index (χ3v) is 7.08. The zero-order valence-electron chi connectivity index (χ0n) is 17.2. The van der Waals surface area contributed by atoms with E-state index in [2.05, 4.69) is 27.2 Å². The highest BCUT2D eigenvalue weighted by Crippen LogP contribution is 2.31. The summed E-state index contributed by atoms with van der Waals surface area (Å²) in [6.45, 7) is 4.60. The van der Waals surface area contributed by atoms with Crippen LogP contribution in [0.5, 0.6) is 0 Å². The van der Waals surface area contributed by atoms with E-state index in [1.54, 1.807) is 0 Å². The van der Waals surface area contributed by atoms with Gasteiger partial charge in [-0.05, 0) is 62.1 Å². The summed E-state index contributed by atoms with van der Waals surface area (Å²) in [6.07, 6.45) is 7.04. The van der Waals surface area contributed by atoms with Gasteiger partial charge in [-0.25, -0.2) is 0 Å². The van der Waals surface area contributed by atoms with Crippen LogP contribution in [-0.4, -0.2) is 60.6 Å². The zero-order chi connectivity index (χ0) is 20.2. The summed E-state index contributed by atoms with van der Waals surface area (Å²) in [7, 11) is 0. The van der Waals surface area contributed by atoms with E-state index in [0.717, 1.165) is 44.1 Å². The predicted molar refractivity (Wildman–Crippen MR) is 113 cm³/mol. The summed E-state index contributed by atoms with van der Waals surface area (Å²) in [6, 6.07) is 9.04. The summed E-state index contributed by atoms with van der Waals surface area (Å²) in [5.41, 5.74) is 2.21. The minimum absolute atomic E-state index is 0.164. The maximum Gasteiger partial charge on any atom is 0.234 e.